The fourth-order valence-electron chi connectivity index (χ4n) is 4.60. The first-order valence-electron chi connectivity index (χ1n) is 14.3. The van der Waals surface area contributed by atoms with Crippen molar-refractivity contribution in [1.29, 1.82) is 0 Å². The molecular formula is C31H39Cl2N5O3S2. The first-order valence-corrected chi connectivity index (χ1v) is 16.9. The van der Waals surface area contributed by atoms with Crippen LogP contribution < -0.4 is 16.0 Å². The summed E-state index contributed by atoms with van der Waals surface area (Å²) < 4.78 is 6.18. The van der Waals surface area contributed by atoms with E-state index in [1.807, 2.05) is 75.5 Å². The molecule has 0 unspecified atom stereocenters. The third kappa shape index (κ3) is 11.2. The number of thiazole rings is 1. The molecule has 1 aromatic heterocycles. The standard InChI is InChI=1S/C31H39Cl2N5O3S2/c1-20(35-29(40)41-31(2,3)4)16-34-24-7-5-6-22(15-24)27-18-42-30(37-27)43-19-28(39)36-23-10-12-38(13-11-23)17-21-8-9-25(32)26(33)14-21/h5-9,14-15,18,20,23,34H,10-13,16-17,19H2,1-4H3,(H,35,40)(H,36,39)/t20-/m0/s1. The maximum absolute atomic E-state index is 12.7. The van der Waals surface area contributed by atoms with Crippen LogP contribution in [0.3, 0.4) is 0 Å². The van der Waals surface area contributed by atoms with Crippen LogP contribution in [0.1, 0.15) is 46.1 Å². The number of alkyl carbamates (subject to hydrolysis) is 1. The van der Waals surface area contributed by atoms with Crippen LogP contribution in [0.25, 0.3) is 11.3 Å². The summed E-state index contributed by atoms with van der Waals surface area (Å²) in [6.07, 6.45) is 1.40. The van der Waals surface area contributed by atoms with E-state index in [4.69, 9.17) is 32.9 Å². The van der Waals surface area contributed by atoms with Crippen LogP contribution in [0.2, 0.25) is 10.0 Å². The second-order valence-corrected chi connectivity index (χ2v) is 14.6. The molecular weight excluding hydrogens is 625 g/mol. The monoisotopic (exact) mass is 663 g/mol. The highest BCUT2D eigenvalue weighted by Gasteiger charge is 2.21. The van der Waals surface area contributed by atoms with Crippen LogP contribution >= 0.6 is 46.3 Å². The van der Waals surface area contributed by atoms with Crippen LogP contribution in [0.15, 0.2) is 52.2 Å². The van der Waals surface area contributed by atoms with Crippen molar-refractivity contribution in [3.8, 4) is 11.3 Å². The van der Waals surface area contributed by atoms with Crippen molar-refractivity contribution in [3.05, 3.63) is 63.5 Å². The van der Waals surface area contributed by atoms with Gasteiger partial charge in [-0.3, -0.25) is 9.69 Å². The van der Waals surface area contributed by atoms with Crippen LogP contribution in [0.4, 0.5) is 10.5 Å². The van der Waals surface area contributed by atoms with Crippen molar-refractivity contribution in [2.75, 3.05) is 30.7 Å². The fourth-order valence-corrected chi connectivity index (χ4v) is 6.57. The molecule has 12 heteroatoms. The van der Waals surface area contributed by atoms with Gasteiger partial charge in [0.1, 0.15) is 5.60 Å². The number of ether oxygens (including phenoxy) is 1. The van der Waals surface area contributed by atoms with Crippen LogP contribution in [0, 0.1) is 0 Å². The van der Waals surface area contributed by atoms with E-state index in [0.29, 0.717) is 22.3 Å². The number of amides is 2. The van der Waals surface area contributed by atoms with E-state index in [0.717, 1.165) is 59.3 Å². The molecule has 2 aromatic carbocycles. The molecule has 0 bridgehead atoms. The molecule has 43 heavy (non-hydrogen) atoms. The lowest BCUT2D eigenvalue weighted by Crippen LogP contribution is -2.44. The lowest BCUT2D eigenvalue weighted by Gasteiger charge is -2.32. The third-order valence-corrected chi connectivity index (χ3v) is 9.45. The van der Waals surface area contributed by atoms with Crippen LogP contribution in [0.5, 0.6) is 0 Å². The summed E-state index contributed by atoms with van der Waals surface area (Å²) in [5, 5.41) is 12.5. The number of hydrogen-bond acceptors (Lipinski definition) is 8. The number of nitrogens with one attached hydrogen (secondary N) is 3. The number of benzene rings is 2. The van der Waals surface area contributed by atoms with E-state index in [-0.39, 0.29) is 18.0 Å². The highest BCUT2D eigenvalue weighted by molar-refractivity contribution is 8.01. The molecule has 1 saturated heterocycles. The predicted octanol–water partition coefficient (Wildman–Crippen LogP) is 7.31. The van der Waals surface area contributed by atoms with E-state index >= 15 is 0 Å². The van der Waals surface area contributed by atoms with Gasteiger partial charge in [0.05, 0.1) is 21.5 Å². The van der Waals surface area contributed by atoms with Gasteiger partial charge in [0, 0.05) is 54.9 Å². The SMILES string of the molecule is C[C@@H](CNc1cccc(-c2csc(SCC(=O)NC3CCN(Cc4ccc(Cl)c(Cl)c4)CC3)n2)c1)NC(=O)OC(C)(C)C. The molecule has 1 fully saturated rings. The topological polar surface area (TPSA) is 95.6 Å². The first-order chi connectivity index (χ1) is 20.4. The number of rotatable bonds is 11. The zero-order valence-corrected chi connectivity index (χ0v) is 28.1. The van der Waals surface area contributed by atoms with Gasteiger partial charge in [-0.05, 0) is 70.4 Å². The van der Waals surface area contributed by atoms with Crippen molar-refractivity contribution in [3.63, 3.8) is 0 Å². The van der Waals surface area contributed by atoms with E-state index in [1.165, 1.54) is 23.1 Å². The largest absolute Gasteiger partial charge is 0.444 e. The number of carbonyl (C=O) groups excluding carboxylic acids is 2. The van der Waals surface area contributed by atoms with Crippen molar-refractivity contribution in [2.24, 2.45) is 0 Å². The van der Waals surface area contributed by atoms with Gasteiger partial charge in [0.15, 0.2) is 4.34 Å². The molecule has 3 N–H and O–H groups in total. The Morgan fingerprint density at radius 2 is 1.91 bits per heavy atom. The Bertz CT molecular complexity index is 1390. The molecule has 2 amide bonds. The summed E-state index contributed by atoms with van der Waals surface area (Å²) in [6.45, 7) is 10.6. The number of carbonyl (C=O) groups is 2. The Balaban J connectivity index is 1.18. The summed E-state index contributed by atoms with van der Waals surface area (Å²) >= 11 is 15.2. The van der Waals surface area contributed by atoms with Gasteiger partial charge in [-0.2, -0.15) is 0 Å². The molecule has 2 heterocycles. The number of halogens is 2. The molecule has 1 aliphatic heterocycles. The molecule has 0 saturated carbocycles. The molecule has 232 valence electrons. The van der Waals surface area contributed by atoms with Crippen molar-refractivity contribution >= 4 is 64.0 Å². The second kappa shape index (κ2) is 15.5. The minimum Gasteiger partial charge on any atom is -0.444 e. The molecule has 8 nitrogen and oxygen atoms in total. The summed E-state index contributed by atoms with van der Waals surface area (Å²) in [7, 11) is 0. The van der Waals surface area contributed by atoms with Gasteiger partial charge in [-0.1, -0.05) is 53.2 Å². The minimum atomic E-state index is -0.534. The molecule has 1 aliphatic rings. The Kier molecular flexibility index (Phi) is 12.0. The number of anilines is 1. The molecule has 0 radical (unpaired) electrons. The van der Waals surface area contributed by atoms with E-state index in [2.05, 4.69) is 20.9 Å². The van der Waals surface area contributed by atoms with Gasteiger partial charge >= 0.3 is 6.09 Å². The smallest absolute Gasteiger partial charge is 0.407 e. The van der Waals surface area contributed by atoms with Crippen molar-refractivity contribution in [1.82, 2.24) is 20.5 Å². The Morgan fingerprint density at radius 1 is 1.14 bits per heavy atom. The summed E-state index contributed by atoms with van der Waals surface area (Å²) in [5.74, 6) is 0.366. The molecule has 0 spiro atoms. The van der Waals surface area contributed by atoms with E-state index < -0.39 is 11.7 Å². The van der Waals surface area contributed by atoms with E-state index in [1.54, 1.807) is 0 Å². The summed E-state index contributed by atoms with van der Waals surface area (Å²) in [4.78, 5) is 31.8. The molecule has 0 aliphatic carbocycles. The highest BCUT2D eigenvalue weighted by Crippen LogP contribution is 2.30. The number of likely N-dealkylation sites (tertiary alicyclic amines) is 1. The zero-order valence-electron chi connectivity index (χ0n) is 24.9. The van der Waals surface area contributed by atoms with Gasteiger partial charge in [0.2, 0.25) is 5.91 Å². The van der Waals surface area contributed by atoms with Crippen LogP contribution in [-0.2, 0) is 16.1 Å². The number of thioether (sulfide) groups is 1. The second-order valence-electron chi connectivity index (χ2n) is 11.7. The minimum absolute atomic E-state index is 0.0324. The van der Waals surface area contributed by atoms with E-state index in [9.17, 15) is 9.59 Å². The molecule has 3 aromatic rings. The number of piperidine rings is 1. The summed E-state index contributed by atoms with van der Waals surface area (Å²) in [6, 6.07) is 13.8. The molecule has 4 rings (SSSR count). The van der Waals surface area contributed by atoms with Crippen molar-refractivity contribution in [2.45, 2.75) is 69.1 Å². The maximum Gasteiger partial charge on any atom is 0.407 e. The van der Waals surface area contributed by atoms with Gasteiger partial charge in [0.25, 0.3) is 0 Å². The first kappa shape index (κ1) is 33.4. The fraction of sp³-hybridized carbons (Fsp3) is 0.452. The molecule has 1 atom stereocenters. The highest BCUT2D eigenvalue weighted by atomic mass is 35.5. The lowest BCUT2D eigenvalue weighted by molar-refractivity contribution is -0.119. The maximum atomic E-state index is 12.7. The van der Waals surface area contributed by atoms with Gasteiger partial charge < -0.3 is 20.7 Å². The van der Waals surface area contributed by atoms with Crippen molar-refractivity contribution < 1.29 is 14.3 Å². The average Bonchev–Trinajstić information content (AvgIpc) is 3.42. The van der Waals surface area contributed by atoms with Gasteiger partial charge in [-0.25, -0.2) is 9.78 Å². The predicted molar refractivity (Wildman–Crippen MR) is 178 cm³/mol. The quantitative estimate of drug-likeness (QED) is 0.185. The normalized spacial score (nSPS) is 15.1. The zero-order chi connectivity index (χ0) is 31.0. The Labute approximate surface area is 272 Å². The summed E-state index contributed by atoms with van der Waals surface area (Å²) in [5.41, 5.74) is 3.39. The number of hydrogen-bond donors (Lipinski definition) is 3. The lowest BCUT2D eigenvalue weighted by atomic mass is 10.0. The van der Waals surface area contributed by atoms with Gasteiger partial charge in [-0.15, -0.1) is 11.3 Å². The van der Waals surface area contributed by atoms with Crippen LogP contribution in [-0.4, -0.2) is 65.0 Å². The number of nitrogens with zero attached hydrogens (tertiary/aromatic N) is 2. The Morgan fingerprint density at radius 3 is 2.63 bits per heavy atom. The number of aromatic nitrogens is 1. The third-order valence-electron chi connectivity index (χ3n) is 6.69. The Hall–Kier alpha value is -2.50. The average molecular weight is 665 g/mol.